The Kier molecular flexibility index (Phi) is 7.61. The predicted molar refractivity (Wildman–Crippen MR) is 113 cm³/mol. The number of aryl methyl sites for hydroxylation is 1. The number of benzene rings is 2. The summed E-state index contributed by atoms with van der Waals surface area (Å²) in [6.45, 7) is 2.68. The molecule has 0 aromatic heterocycles. The lowest BCUT2D eigenvalue weighted by Crippen LogP contribution is -2.36. The third-order valence-corrected chi connectivity index (χ3v) is 5.14. The number of amides is 2. The number of hydrogen-bond donors (Lipinski definition) is 2. The molecule has 0 unspecified atom stereocenters. The monoisotopic (exact) mass is 397 g/mol. The molecule has 1 aliphatic heterocycles. The van der Waals surface area contributed by atoms with Crippen molar-refractivity contribution < 1.29 is 14.0 Å². The number of anilines is 2. The molecular formula is C23H28FN3O2. The first-order valence-electron chi connectivity index (χ1n) is 10.3. The number of hydrogen-bond acceptors (Lipinski definition) is 3. The van der Waals surface area contributed by atoms with E-state index in [1.807, 2.05) is 0 Å². The van der Waals surface area contributed by atoms with Crippen molar-refractivity contribution in [2.75, 3.05) is 29.9 Å². The second-order valence-corrected chi connectivity index (χ2v) is 7.39. The maximum absolute atomic E-state index is 12.9. The highest BCUT2D eigenvalue weighted by Gasteiger charge is 2.13. The maximum atomic E-state index is 12.9. The lowest BCUT2D eigenvalue weighted by Gasteiger charge is -2.22. The normalized spacial score (nSPS) is 14.2. The summed E-state index contributed by atoms with van der Waals surface area (Å²) in [6, 6.07) is 13.9. The van der Waals surface area contributed by atoms with E-state index in [1.54, 1.807) is 0 Å². The smallest absolute Gasteiger partial charge is 0.313 e. The average molecular weight is 397 g/mol. The van der Waals surface area contributed by atoms with E-state index in [0.29, 0.717) is 12.2 Å². The van der Waals surface area contributed by atoms with E-state index in [-0.39, 0.29) is 0 Å². The molecule has 0 bridgehead atoms. The summed E-state index contributed by atoms with van der Waals surface area (Å²) >= 11 is 0. The Morgan fingerprint density at radius 2 is 1.52 bits per heavy atom. The van der Waals surface area contributed by atoms with Crippen LogP contribution in [-0.4, -0.2) is 31.4 Å². The number of nitrogens with zero attached hydrogens (tertiary/aromatic N) is 1. The van der Waals surface area contributed by atoms with Crippen LogP contribution >= 0.6 is 0 Å². The lowest BCUT2D eigenvalue weighted by molar-refractivity contribution is -0.136. The second-order valence-electron chi connectivity index (χ2n) is 7.39. The Morgan fingerprint density at radius 1 is 0.862 bits per heavy atom. The van der Waals surface area contributed by atoms with E-state index in [4.69, 9.17) is 0 Å². The summed E-state index contributed by atoms with van der Waals surface area (Å²) < 4.78 is 12.9. The zero-order chi connectivity index (χ0) is 20.5. The molecule has 0 atom stereocenters. The number of nitrogens with one attached hydrogen (secondary N) is 2. The van der Waals surface area contributed by atoms with Crippen LogP contribution in [0.2, 0.25) is 0 Å². The van der Waals surface area contributed by atoms with Crippen molar-refractivity contribution in [3.8, 4) is 0 Å². The highest BCUT2D eigenvalue weighted by Crippen LogP contribution is 2.20. The molecule has 2 aromatic carbocycles. The minimum Gasteiger partial charge on any atom is -0.372 e. The van der Waals surface area contributed by atoms with Crippen LogP contribution in [0.25, 0.3) is 0 Å². The molecule has 0 spiro atoms. The van der Waals surface area contributed by atoms with Crippen molar-refractivity contribution in [3.05, 3.63) is 59.9 Å². The molecule has 1 heterocycles. The summed E-state index contributed by atoms with van der Waals surface area (Å²) in [5.74, 6) is -1.84. The summed E-state index contributed by atoms with van der Waals surface area (Å²) in [6.07, 6.45) is 6.75. The van der Waals surface area contributed by atoms with E-state index in [9.17, 15) is 14.0 Å². The first-order chi connectivity index (χ1) is 14.1. The van der Waals surface area contributed by atoms with Crippen LogP contribution in [0.5, 0.6) is 0 Å². The minimum absolute atomic E-state index is 0.385. The Labute approximate surface area is 171 Å². The standard InChI is InChI=1S/C23H28FN3O2/c24-19-9-11-20(12-10-19)26-23(29)22(28)25-15-5-6-18-7-13-21(14-8-18)27-16-3-1-2-4-17-27/h7-14H,1-6,15-17H2,(H,25,28)(H,26,29). The molecule has 2 amide bonds. The fourth-order valence-corrected chi connectivity index (χ4v) is 3.50. The molecule has 1 aliphatic rings. The molecule has 0 saturated carbocycles. The van der Waals surface area contributed by atoms with Gasteiger partial charge in [0.25, 0.3) is 0 Å². The van der Waals surface area contributed by atoms with Crippen molar-refractivity contribution in [2.45, 2.75) is 38.5 Å². The number of halogens is 1. The van der Waals surface area contributed by atoms with Crippen LogP contribution < -0.4 is 15.5 Å². The van der Waals surface area contributed by atoms with Crippen molar-refractivity contribution in [2.24, 2.45) is 0 Å². The highest BCUT2D eigenvalue weighted by atomic mass is 19.1. The fraction of sp³-hybridized carbons (Fsp3) is 0.391. The fourth-order valence-electron chi connectivity index (χ4n) is 3.50. The van der Waals surface area contributed by atoms with Crippen LogP contribution in [0.3, 0.4) is 0 Å². The van der Waals surface area contributed by atoms with E-state index < -0.39 is 17.6 Å². The third-order valence-electron chi connectivity index (χ3n) is 5.14. The van der Waals surface area contributed by atoms with Gasteiger partial charge in [0.15, 0.2) is 0 Å². The predicted octanol–water partition coefficient (Wildman–Crippen LogP) is 3.89. The van der Waals surface area contributed by atoms with Gasteiger partial charge in [0.2, 0.25) is 0 Å². The highest BCUT2D eigenvalue weighted by molar-refractivity contribution is 6.39. The van der Waals surface area contributed by atoms with Gasteiger partial charge in [-0.3, -0.25) is 9.59 Å². The quantitative estimate of drug-likeness (QED) is 0.574. The topological polar surface area (TPSA) is 61.4 Å². The molecule has 6 heteroatoms. The summed E-state index contributed by atoms with van der Waals surface area (Å²) in [5.41, 5.74) is 2.88. The molecule has 3 rings (SSSR count). The van der Waals surface area contributed by atoms with Gasteiger partial charge in [0.1, 0.15) is 5.82 Å². The number of carbonyl (C=O) groups excluding carboxylic acids is 2. The van der Waals surface area contributed by atoms with Gasteiger partial charge in [0, 0.05) is 31.0 Å². The third kappa shape index (κ3) is 6.59. The Bertz CT molecular complexity index is 798. The van der Waals surface area contributed by atoms with Gasteiger partial charge >= 0.3 is 11.8 Å². The molecule has 0 aliphatic carbocycles. The van der Waals surface area contributed by atoms with Crippen molar-refractivity contribution in [3.63, 3.8) is 0 Å². The largest absolute Gasteiger partial charge is 0.372 e. The van der Waals surface area contributed by atoms with Crippen LogP contribution in [0, 0.1) is 5.82 Å². The summed E-state index contributed by atoms with van der Waals surface area (Å²) in [4.78, 5) is 26.2. The van der Waals surface area contributed by atoms with E-state index in [0.717, 1.165) is 25.9 Å². The van der Waals surface area contributed by atoms with E-state index >= 15 is 0 Å². The second kappa shape index (κ2) is 10.6. The Hall–Kier alpha value is -2.89. The Balaban J connectivity index is 1.37. The van der Waals surface area contributed by atoms with Gasteiger partial charge in [-0.2, -0.15) is 0 Å². The first-order valence-corrected chi connectivity index (χ1v) is 10.3. The van der Waals surface area contributed by atoms with Crippen LogP contribution in [0.4, 0.5) is 15.8 Å². The molecule has 2 aromatic rings. The van der Waals surface area contributed by atoms with Crippen LogP contribution in [0.1, 0.15) is 37.7 Å². The van der Waals surface area contributed by atoms with Gasteiger partial charge in [0.05, 0.1) is 0 Å². The molecular weight excluding hydrogens is 369 g/mol. The minimum atomic E-state index is -0.751. The molecule has 0 radical (unpaired) electrons. The summed E-state index contributed by atoms with van der Waals surface area (Å²) in [7, 11) is 0. The molecule has 2 N–H and O–H groups in total. The zero-order valence-electron chi connectivity index (χ0n) is 16.6. The molecule has 1 fully saturated rings. The van der Waals surface area contributed by atoms with Crippen molar-refractivity contribution in [1.82, 2.24) is 5.32 Å². The van der Waals surface area contributed by atoms with Gasteiger partial charge in [-0.05, 0) is 67.6 Å². The molecule has 5 nitrogen and oxygen atoms in total. The zero-order valence-corrected chi connectivity index (χ0v) is 16.6. The maximum Gasteiger partial charge on any atom is 0.313 e. The van der Waals surface area contributed by atoms with Crippen molar-refractivity contribution in [1.29, 1.82) is 0 Å². The van der Waals surface area contributed by atoms with E-state index in [2.05, 4.69) is 39.8 Å². The van der Waals surface area contributed by atoms with Gasteiger partial charge < -0.3 is 15.5 Å². The molecule has 29 heavy (non-hydrogen) atoms. The van der Waals surface area contributed by atoms with Gasteiger partial charge in [-0.25, -0.2) is 4.39 Å². The number of carbonyl (C=O) groups is 2. The summed E-state index contributed by atoms with van der Waals surface area (Å²) in [5, 5.41) is 5.07. The van der Waals surface area contributed by atoms with E-state index in [1.165, 1.54) is 61.2 Å². The Morgan fingerprint density at radius 3 is 2.17 bits per heavy atom. The average Bonchev–Trinajstić information content (AvgIpc) is 3.03. The first kappa shape index (κ1) is 20.8. The SMILES string of the molecule is O=C(NCCCc1ccc(N2CCCCCC2)cc1)C(=O)Nc1ccc(F)cc1. The lowest BCUT2D eigenvalue weighted by atomic mass is 10.1. The van der Waals surface area contributed by atoms with Crippen molar-refractivity contribution >= 4 is 23.2 Å². The number of rotatable bonds is 6. The molecule has 1 saturated heterocycles. The van der Waals surface area contributed by atoms with Gasteiger partial charge in [-0.1, -0.05) is 25.0 Å². The van der Waals surface area contributed by atoms with Crippen LogP contribution in [0.15, 0.2) is 48.5 Å². The van der Waals surface area contributed by atoms with Gasteiger partial charge in [-0.15, -0.1) is 0 Å². The van der Waals surface area contributed by atoms with Crippen LogP contribution in [-0.2, 0) is 16.0 Å². The molecule has 154 valence electrons.